The van der Waals surface area contributed by atoms with E-state index in [1.54, 1.807) is 0 Å². The van der Waals surface area contributed by atoms with Crippen molar-refractivity contribution in [3.8, 4) is 0 Å². The first-order valence-corrected chi connectivity index (χ1v) is 5.90. The predicted molar refractivity (Wildman–Crippen MR) is 71.8 cm³/mol. The van der Waals surface area contributed by atoms with Crippen molar-refractivity contribution in [1.82, 2.24) is 0 Å². The largest absolute Gasteiger partial charge is 0.389 e. The van der Waals surface area contributed by atoms with Crippen molar-refractivity contribution in [2.24, 2.45) is 0 Å². The van der Waals surface area contributed by atoms with Crippen LogP contribution in [0.15, 0.2) is 24.3 Å². The molecule has 0 spiro atoms. The molecule has 1 unspecified atom stereocenters. The van der Waals surface area contributed by atoms with Crippen molar-refractivity contribution in [2.75, 3.05) is 44.1 Å². The molecule has 0 aliphatic heterocycles. The lowest BCUT2D eigenvalue weighted by Crippen LogP contribution is -2.24. The van der Waals surface area contributed by atoms with E-state index in [1.165, 1.54) is 0 Å². The van der Waals surface area contributed by atoms with E-state index in [1.807, 2.05) is 50.2 Å². The van der Waals surface area contributed by atoms with Crippen molar-refractivity contribution in [2.45, 2.75) is 13.0 Å². The molecule has 1 atom stereocenters. The highest BCUT2D eigenvalue weighted by Crippen LogP contribution is 2.17. The zero-order valence-corrected chi connectivity index (χ0v) is 10.8. The maximum absolute atomic E-state index is 9.62. The first-order valence-electron chi connectivity index (χ1n) is 5.90. The van der Waals surface area contributed by atoms with E-state index in [9.17, 15) is 5.11 Å². The molecule has 0 amide bonds. The van der Waals surface area contributed by atoms with Crippen LogP contribution in [0.1, 0.15) is 6.92 Å². The van der Waals surface area contributed by atoms with Gasteiger partial charge in [-0.05, 0) is 25.1 Å². The second kappa shape index (κ2) is 7.14. The maximum Gasteiger partial charge on any atom is 0.0945 e. The number of anilines is 2. The average Bonchev–Trinajstić information content (AvgIpc) is 2.34. The number of nitrogens with zero attached hydrogens (tertiary/aromatic N) is 1. The van der Waals surface area contributed by atoms with E-state index in [-0.39, 0.29) is 0 Å². The number of hydrogen-bond donors (Lipinski definition) is 2. The monoisotopic (exact) mass is 238 g/mol. The Morgan fingerprint density at radius 3 is 2.82 bits per heavy atom. The molecule has 4 heteroatoms. The molecule has 1 aromatic rings. The van der Waals surface area contributed by atoms with E-state index in [2.05, 4.69) is 5.32 Å². The summed E-state index contributed by atoms with van der Waals surface area (Å²) in [6.07, 6.45) is -0.474. The summed E-state index contributed by atoms with van der Waals surface area (Å²) in [6, 6.07) is 8.07. The fourth-order valence-electron chi connectivity index (χ4n) is 1.44. The summed E-state index contributed by atoms with van der Waals surface area (Å²) in [5.41, 5.74) is 2.14. The molecule has 0 aromatic heterocycles. The summed E-state index contributed by atoms with van der Waals surface area (Å²) in [4.78, 5) is 2.04. The number of aliphatic hydroxyl groups is 1. The van der Waals surface area contributed by atoms with Crippen LogP contribution in [0.5, 0.6) is 0 Å². The molecule has 0 aliphatic carbocycles. The summed E-state index contributed by atoms with van der Waals surface area (Å²) in [5.74, 6) is 0. The molecule has 0 saturated carbocycles. The highest BCUT2D eigenvalue weighted by Gasteiger charge is 2.04. The molecule has 1 rings (SSSR count). The van der Waals surface area contributed by atoms with Gasteiger partial charge in [0, 0.05) is 38.6 Å². The van der Waals surface area contributed by atoms with Gasteiger partial charge >= 0.3 is 0 Å². The molecule has 0 fully saturated rings. The van der Waals surface area contributed by atoms with Crippen LogP contribution in [0.2, 0.25) is 0 Å². The smallest absolute Gasteiger partial charge is 0.0945 e. The van der Waals surface area contributed by atoms with Crippen LogP contribution in [0.4, 0.5) is 11.4 Å². The van der Waals surface area contributed by atoms with Crippen LogP contribution in [0.3, 0.4) is 0 Å². The van der Waals surface area contributed by atoms with Crippen molar-refractivity contribution >= 4 is 11.4 Å². The van der Waals surface area contributed by atoms with E-state index in [0.29, 0.717) is 19.8 Å². The van der Waals surface area contributed by atoms with Gasteiger partial charge in [0.15, 0.2) is 0 Å². The molecule has 1 aromatic carbocycles. The molecule has 17 heavy (non-hydrogen) atoms. The first kappa shape index (κ1) is 13.8. The number of nitrogens with one attached hydrogen (secondary N) is 1. The van der Waals surface area contributed by atoms with Gasteiger partial charge in [-0.15, -0.1) is 0 Å². The second-order valence-corrected chi connectivity index (χ2v) is 4.14. The summed E-state index contributed by atoms with van der Waals surface area (Å²) in [7, 11) is 4.01. The Balaban J connectivity index is 2.43. The van der Waals surface area contributed by atoms with Crippen LogP contribution in [-0.2, 0) is 4.74 Å². The van der Waals surface area contributed by atoms with Crippen molar-refractivity contribution in [3.05, 3.63) is 24.3 Å². The van der Waals surface area contributed by atoms with Crippen LogP contribution in [0, 0.1) is 0 Å². The lowest BCUT2D eigenvalue weighted by Gasteiger charge is -2.16. The number of rotatable bonds is 7. The standard InChI is InChI=1S/C13H22N2O2/c1-4-17-10-13(16)9-14-11-6-5-7-12(8-11)15(2)3/h5-8,13-14,16H,4,9-10H2,1-3H3. The van der Waals surface area contributed by atoms with Gasteiger partial charge in [0.2, 0.25) is 0 Å². The minimum absolute atomic E-state index is 0.372. The third kappa shape index (κ3) is 5.06. The topological polar surface area (TPSA) is 44.7 Å². The number of hydrogen-bond acceptors (Lipinski definition) is 4. The third-order valence-electron chi connectivity index (χ3n) is 2.42. The predicted octanol–water partition coefficient (Wildman–Crippen LogP) is 1.56. The molecular weight excluding hydrogens is 216 g/mol. The van der Waals surface area contributed by atoms with Gasteiger partial charge in [0.05, 0.1) is 12.7 Å². The fraction of sp³-hybridized carbons (Fsp3) is 0.538. The van der Waals surface area contributed by atoms with Gasteiger partial charge < -0.3 is 20.1 Å². The highest BCUT2D eigenvalue weighted by atomic mass is 16.5. The van der Waals surface area contributed by atoms with Gasteiger partial charge in [-0.2, -0.15) is 0 Å². The summed E-state index contributed by atoms with van der Waals surface area (Å²) >= 11 is 0. The first-order chi connectivity index (χ1) is 8.13. The van der Waals surface area contributed by atoms with Crippen molar-refractivity contribution < 1.29 is 9.84 Å². The molecule has 2 N–H and O–H groups in total. The lowest BCUT2D eigenvalue weighted by molar-refractivity contribution is 0.0496. The molecule has 0 saturated heterocycles. The van der Waals surface area contributed by atoms with Gasteiger partial charge in [0.25, 0.3) is 0 Å². The quantitative estimate of drug-likeness (QED) is 0.756. The molecule has 0 radical (unpaired) electrons. The van der Waals surface area contributed by atoms with Gasteiger partial charge in [0.1, 0.15) is 0 Å². The number of benzene rings is 1. The average molecular weight is 238 g/mol. The number of aliphatic hydroxyl groups excluding tert-OH is 1. The summed E-state index contributed by atoms with van der Waals surface area (Å²) < 4.78 is 5.15. The SMILES string of the molecule is CCOCC(O)CNc1cccc(N(C)C)c1. The second-order valence-electron chi connectivity index (χ2n) is 4.14. The van der Waals surface area contributed by atoms with Crippen molar-refractivity contribution in [1.29, 1.82) is 0 Å². The normalized spacial score (nSPS) is 12.2. The molecule has 0 heterocycles. The summed E-state index contributed by atoms with van der Waals surface area (Å²) in [5, 5.41) is 12.8. The Morgan fingerprint density at radius 1 is 1.41 bits per heavy atom. The molecule has 96 valence electrons. The van der Waals surface area contributed by atoms with E-state index in [4.69, 9.17) is 4.74 Å². The molecule has 4 nitrogen and oxygen atoms in total. The Bertz CT molecular complexity index is 329. The van der Waals surface area contributed by atoms with Gasteiger partial charge in [-0.1, -0.05) is 6.07 Å². The summed E-state index contributed by atoms with van der Waals surface area (Å²) in [6.45, 7) is 3.42. The molecular formula is C13H22N2O2. The number of ether oxygens (including phenoxy) is 1. The fourth-order valence-corrected chi connectivity index (χ4v) is 1.44. The van der Waals surface area contributed by atoms with Crippen LogP contribution >= 0.6 is 0 Å². The van der Waals surface area contributed by atoms with Gasteiger partial charge in [-0.3, -0.25) is 0 Å². The van der Waals surface area contributed by atoms with Crippen LogP contribution in [0.25, 0.3) is 0 Å². The van der Waals surface area contributed by atoms with Gasteiger partial charge in [-0.25, -0.2) is 0 Å². The minimum Gasteiger partial charge on any atom is -0.389 e. The van der Waals surface area contributed by atoms with Crippen molar-refractivity contribution in [3.63, 3.8) is 0 Å². The minimum atomic E-state index is -0.474. The molecule has 0 aliphatic rings. The Morgan fingerprint density at radius 2 is 2.18 bits per heavy atom. The molecule has 0 bridgehead atoms. The zero-order chi connectivity index (χ0) is 12.7. The third-order valence-corrected chi connectivity index (χ3v) is 2.42. The maximum atomic E-state index is 9.62. The van der Waals surface area contributed by atoms with E-state index in [0.717, 1.165) is 11.4 Å². The van der Waals surface area contributed by atoms with Crippen LogP contribution in [-0.4, -0.2) is 45.1 Å². The lowest BCUT2D eigenvalue weighted by atomic mass is 10.2. The Hall–Kier alpha value is -1.26. The Labute approximate surface area is 103 Å². The van der Waals surface area contributed by atoms with E-state index >= 15 is 0 Å². The van der Waals surface area contributed by atoms with E-state index < -0.39 is 6.10 Å². The highest BCUT2D eigenvalue weighted by molar-refractivity contribution is 5.57. The van der Waals surface area contributed by atoms with Crippen LogP contribution < -0.4 is 10.2 Å². The zero-order valence-electron chi connectivity index (χ0n) is 10.8. The Kier molecular flexibility index (Phi) is 5.80.